The summed E-state index contributed by atoms with van der Waals surface area (Å²) in [5.41, 5.74) is 0. The zero-order valence-electron chi connectivity index (χ0n) is 8.62. The van der Waals surface area contributed by atoms with Crippen molar-refractivity contribution in [3.05, 3.63) is 21.9 Å². The van der Waals surface area contributed by atoms with Crippen molar-refractivity contribution >= 4 is 17.1 Å². The molecular weight excluding hydrogens is 196 g/mol. The van der Waals surface area contributed by atoms with E-state index in [9.17, 15) is 4.79 Å². The monoisotopic (exact) mass is 212 g/mol. The molecule has 0 radical (unpaired) electrons. The number of carbonyl (C=O) groups is 1. The normalized spacial score (nSPS) is 12.8. The lowest BCUT2D eigenvalue weighted by atomic mass is 10.1. The van der Waals surface area contributed by atoms with E-state index in [2.05, 4.69) is 0 Å². The molecule has 78 valence electrons. The fourth-order valence-electron chi connectivity index (χ4n) is 1.22. The maximum absolute atomic E-state index is 11.3. The number of Topliss-reactive ketones (excluding diaryl/α,β-unsaturated/α-hetero) is 1. The third kappa shape index (κ3) is 2.93. The Kier molecular flexibility index (Phi) is 4.29. The topological polar surface area (TPSA) is 37.3 Å². The maximum atomic E-state index is 11.3. The number of thiophene rings is 1. The highest BCUT2D eigenvalue weighted by Crippen LogP contribution is 2.20. The second-order valence-corrected chi connectivity index (χ2v) is 4.70. The van der Waals surface area contributed by atoms with Crippen LogP contribution in [0.15, 0.2) is 12.1 Å². The summed E-state index contributed by atoms with van der Waals surface area (Å²) < 4.78 is 0. The number of aliphatic hydroxyl groups is 1. The molecule has 0 unspecified atom stereocenters. The van der Waals surface area contributed by atoms with E-state index in [0.717, 1.165) is 11.3 Å². The summed E-state index contributed by atoms with van der Waals surface area (Å²) >= 11 is 1.55. The molecule has 0 fully saturated rings. The van der Waals surface area contributed by atoms with Crippen LogP contribution in [0.2, 0.25) is 0 Å². The van der Waals surface area contributed by atoms with Gasteiger partial charge in [-0.3, -0.25) is 4.79 Å². The Labute approximate surface area is 88.6 Å². The first kappa shape index (κ1) is 11.4. The number of rotatable bonds is 5. The summed E-state index contributed by atoms with van der Waals surface area (Å²) in [6.45, 7) is 4.08. The Morgan fingerprint density at radius 2 is 2.29 bits per heavy atom. The Balaban J connectivity index is 2.63. The highest BCUT2D eigenvalue weighted by atomic mass is 32.1. The molecule has 0 aromatic carbocycles. The highest BCUT2D eigenvalue weighted by molar-refractivity contribution is 7.14. The summed E-state index contributed by atoms with van der Waals surface area (Å²) in [6.07, 6.45) is 1.42. The van der Waals surface area contributed by atoms with Crippen molar-refractivity contribution in [3.63, 3.8) is 0 Å². The number of aliphatic hydroxyl groups excluding tert-OH is 1. The molecule has 3 heteroatoms. The van der Waals surface area contributed by atoms with Gasteiger partial charge in [-0.1, -0.05) is 13.8 Å². The fourth-order valence-corrected chi connectivity index (χ4v) is 2.40. The van der Waals surface area contributed by atoms with Gasteiger partial charge in [0, 0.05) is 17.9 Å². The second kappa shape index (κ2) is 5.27. The van der Waals surface area contributed by atoms with Crippen LogP contribution in [0.3, 0.4) is 0 Å². The third-order valence-corrected chi connectivity index (χ3v) is 3.27. The van der Waals surface area contributed by atoms with Gasteiger partial charge in [0.15, 0.2) is 5.78 Å². The Morgan fingerprint density at radius 1 is 1.57 bits per heavy atom. The van der Waals surface area contributed by atoms with Crippen molar-refractivity contribution in [2.75, 3.05) is 6.61 Å². The molecule has 2 nitrogen and oxygen atoms in total. The van der Waals surface area contributed by atoms with Gasteiger partial charge >= 0.3 is 0 Å². The Hall–Kier alpha value is -0.670. The van der Waals surface area contributed by atoms with E-state index in [4.69, 9.17) is 5.11 Å². The standard InChI is InChI=1S/C11H16O2S/c1-3-10(13)11-5-4-9(14-11)6-8(2)7-12/h4-5,8,12H,3,6-7H2,1-2H3/t8-/m0/s1. The quantitative estimate of drug-likeness (QED) is 0.761. The molecule has 14 heavy (non-hydrogen) atoms. The van der Waals surface area contributed by atoms with Crippen molar-refractivity contribution in [3.8, 4) is 0 Å². The number of carbonyl (C=O) groups excluding carboxylic acids is 1. The van der Waals surface area contributed by atoms with Crippen molar-refractivity contribution in [2.45, 2.75) is 26.7 Å². The van der Waals surface area contributed by atoms with E-state index in [1.807, 2.05) is 26.0 Å². The van der Waals surface area contributed by atoms with Crippen LogP contribution in [0.1, 0.15) is 34.8 Å². The smallest absolute Gasteiger partial charge is 0.172 e. The second-order valence-electron chi connectivity index (χ2n) is 3.53. The van der Waals surface area contributed by atoms with Crippen LogP contribution in [0.4, 0.5) is 0 Å². The lowest BCUT2D eigenvalue weighted by molar-refractivity contribution is 0.0992. The first-order valence-electron chi connectivity index (χ1n) is 4.90. The van der Waals surface area contributed by atoms with Crippen LogP contribution in [-0.2, 0) is 6.42 Å². The van der Waals surface area contributed by atoms with Gasteiger partial charge in [0.1, 0.15) is 0 Å². The summed E-state index contributed by atoms with van der Waals surface area (Å²) in [4.78, 5) is 13.4. The van der Waals surface area contributed by atoms with E-state index in [1.165, 1.54) is 4.88 Å². The minimum Gasteiger partial charge on any atom is -0.396 e. The van der Waals surface area contributed by atoms with Gasteiger partial charge in [-0.05, 0) is 24.5 Å². The van der Waals surface area contributed by atoms with Crippen LogP contribution >= 0.6 is 11.3 Å². The van der Waals surface area contributed by atoms with Crippen LogP contribution in [0.5, 0.6) is 0 Å². The zero-order valence-corrected chi connectivity index (χ0v) is 9.43. The molecular formula is C11H16O2S. The number of hydrogen-bond donors (Lipinski definition) is 1. The van der Waals surface area contributed by atoms with E-state index in [1.54, 1.807) is 11.3 Å². The summed E-state index contributed by atoms with van der Waals surface area (Å²) in [7, 11) is 0. The first-order chi connectivity index (χ1) is 6.67. The van der Waals surface area contributed by atoms with Crippen molar-refractivity contribution in [1.82, 2.24) is 0 Å². The summed E-state index contributed by atoms with van der Waals surface area (Å²) in [6, 6.07) is 3.87. The predicted molar refractivity (Wildman–Crippen MR) is 58.9 cm³/mol. The molecule has 0 bridgehead atoms. The lowest BCUT2D eigenvalue weighted by Crippen LogP contribution is -2.02. The molecule has 1 heterocycles. The van der Waals surface area contributed by atoms with E-state index < -0.39 is 0 Å². The zero-order chi connectivity index (χ0) is 10.6. The van der Waals surface area contributed by atoms with Gasteiger partial charge in [0.25, 0.3) is 0 Å². The van der Waals surface area contributed by atoms with E-state index >= 15 is 0 Å². The summed E-state index contributed by atoms with van der Waals surface area (Å²) in [5.74, 6) is 0.483. The van der Waals surface area contributed by atoms with Crippen molar-refractivity contribution in [1.29, 1.82) is 0 Å². The van der Waals surface area contributed by atoms with Crippen LogP contribution in [0.25, 0.3) is 0 Å². The Morgan fingerprint density at radius 3 is 2.86 bits per heavy atom. The molecule has 0 saturated heterocycles. The molecule has 0 saturated carbocycles. The molecule has 1 rings (SSSR count). The molecule has 0 amide bonds. The van der Waals surface area contributed by atoms with E-state index in [-0.39, 0.29) is 18.3 Å². The highest BCUT2D eigenvalue weighted by Gasteiger charge is 2.09. The van der Waals surface area contributed by atoms with Gasteiger partial charge in [0.05, 0.1) is 4.88 Å². The van der Waals surface area contributed by atoms with E-state index in [0.29, 0.717) is 6.42 Å². The maximum Gasteiger partial charge on any atom is 0.172 e. The van der Waals surface area contributed by atoms with Gasteiger partial charge in [-0.25, -0.2) is 0 Å². The molecule has 0 aliphatic rings. The van der Waals surface area contributed by atoms with Crippen molar-refractivity contribution in [2.24, 2.45) is 5.92 Å². The molecule has 0 aliphatic carbocycles. The molecule has 0 spiro atoms. The van der Waals surface area contributed by atoms with Crippen LogP contribution in [-0.4, -0.2) is 17.5 Å². The van der Waals surface area contributed by atoms with Gasteiger partial charge in [-0.2, -0.15) is 0 Å². The summed E-state index contributed by atoms with van der Waals surface area (Å²) in [5, 5.41) is 8.90. The molecule has 1 aromatic rings. The average molecular weight is 212 g/mol. The lowest BCUT2D eigenvalue weighted by Gasteiger charge is -2.03. The Bertz CT molecular complexity index is 304. The number of ketones is 1. The molecule has 1 atom stereocenters. The fraction of sp³-hybridized carbons (Fsp3) is 0.545. The molecule has 1 N–H and O–H groups in total. The van der Waals surface area contributed by atoms with Gasteiger partial charge < -0.3 is 5.11 Å². The average Bonchev–Trinajstić information content (AvgIpc) is 2.65. The van der Waals surface area contributed by atoms with Gasteiger partial charge in [-0.15, -0.1) is 11.3 Å². The SMILES string of the molecule is CCC(=O)c1ccc(C[C@H](C)CO)s1. The third-order valence-electron chi connectivity index (χ3n) is 2.12. The largest absolute Gasteiger partial charge is 0.396 e. The first-order valence-corrected chi connectivity index (χ1v) is 5.71. The minimum atomic E-state index is 0.203. The molecule has 1 aromatic heterocycles. The minimum absolute atomic E-state index is 0.203. The van der Waals surface area contributed by atoms with Gasteiger partial charge in [0.2, 0.25) is 0 Å². The predicted octanol–water partition coefficient (Wildman–Crippen LogP) is 2.51. The van der Waals surface area contributed by atoms with Crippen LogP contribution < -0.4 is 0 Å². The van der Waals surface area contributed by atoms with Crippen LogP contribution in [0, 0.1) is 5.92 Å². The number of hydrogen-bond acceptors (Lipinski definition) is 3. The molecule has 0 aliphatic heterocycles. The van der Waals surface area contributed by atoms with Crippen molar-refractivity contribution < 1.29 is 9.90 Å².